The molecule has 0 radical (unpaired) electrons. The third kappa shape index (κ3) is 2.61. The van der Waals surface area contributed by atoms with Crippen molar-refractivity contribution < 1.29 is 14.3 Å². The average molecular weight is 288 g/mol. The fraction of sp³-hybridized carbons (Fsp3) is 0.556. The molecule has 0 bridgehead atoms. The van der Waals surface area contributed by atoms with Gasteiger partial charge in [0, 0.05) is 5.56 Å². The Kier molecular flexibility index (Phi) is 3.73. The summed E-state index contributed by atoms with van der Waals surface area (Å²) in [5.41, 5.74) is 3.20. The van der Waals surface area contributed by atoms with Gasteiger partial charge in [-0.2, -0.15) is 0 Å². The SMILES string of the molecule is COC(=O)c1cc2c(cc1C(C)=O)C(C)(C)CCC2(C)C. The monoisotopic (exact) mass is 288 g/mol. The van der Waals surface area contributed by atoms with Gasteiger partial charge in [-0.15, -0.1) is 0 Å². The van der Waals surface area contributed by atoms with Gasteiger partial charge in [-0.3, -0.25) is 4.79 Å². The molecule has 0 N–H and O–H groups in total. The van der Waals surface area contributed by atoms with E-state index in [1.807, 2.05) is 12.1 Å². The minimum absolute atomic E-state index is 0.00292. The highest BCUT2D eigenvalue weighted by Gasteiger charge is 2.38. The van der Waals surface area contributed by atoms with Crippen LogP contribution in [-0.4, -0.2) is 18.9 Å². The van der Waals surface area contributed by atoms with Gasteiger partial charge in [0.25, 0.3) is 0 Å². The predicted molar refractivity (Wildman–Crippen MR) is 83.1 cm³/mol. The number of hydrogen-bond donors (Lipinski definition) is 0. The number of fused-ring (bicyclic) bond motifs is 1. The largest absolute Gasteiger partial charge is 0.465 e. The number of benzene rings is 1. The second-order valence-corrected chi connectivity index (χ2v) is 7.26. The number of esters is 1. The zero-order valence-corrected chi connectivity index (χ0v) is 13.8. The molecule has 3 nitrogen and oxygen atoms in total. The van der Waals surface area contributed by atoms with Crippen molar-refractivity contribution in [3.8, 4) is 0 Å². The van der Waals surface area contributed by atoms with Gasteiger partial charge in [-0.05, 0) is 53.9 Å². The van der Waals surface area contributed by atoms with E-state index in [-0.39, 0.29) is 16.6 Å². The maximum atomic E-state index is 12.0. The predicted octanol–water partition coefficient (Wildman–Crippen LogP) is 4.02. The molecule has 0 aliphatic heterocycles. The standard InChI is InChI=1S/C18H24O3/c1-11(19)12-9-14-15(10-13(12)16(20)21-6)18(4,5)8-7-17(14,2)3/h9-10H,7-8H2,1-6H3. The number of Topliss-reactive ketones (excluding diaryl/α,β-unsaturated/α-hetero) is 1. The molecule has 1 aromatic carbocycles. The fourth-order valence-corrected chi connectivity index (χ4v) is 3.18. The Morgan fingerprint density at radius 2 is 1.38 bits per heavy atom. The maximum Gasteiger partial charge on any atom is 0.338 e. The molecule has 114 valence electrons. The highest BCUT2D eigenvalue weighted by atomic mass is 16.5. The first-order chi connectivity index (χ1) is 9.60. The number of carbonyl (C=O) groups is 2. The molecule has 1 aliphatic rings. The highest BCUT2D eigenvalue weighted by Crippen LogP contribution is 2.46. The highest BCUT2D eigenvalue weighted by molar-refractivity contribution is 6.05. The first-order valence-corrected chi connectivity index (χ1v) is 7.38. The van der Waals surface area contributed by atoms with E-state index in [0.717, 1.165) is 18.4 Å². The smallest absolute Gasteiger partial charge is 0.338 e. The van der Waals surface area contributed by atoms with Crippen LogP contribution in [0, 0.1) is 0 Å². The molecule has 0 unspecified atom stereocenters. The molecule has 0 fully saturated rings. The summed E-state index contributed by atoms with van der Waals surface area (Å²) in [6, 6.07) is 3.78. The molecule has 1 aliphatic carbocycles. The van der Waals surface area contributed by atoms with Crippen LogP contribution < -0.4 is 0 Å². The minimum Gasteiger partial charge on any atom is -0.465 e. The number of hydrogen-bond acceptors (Lipinski definition) is 3. The van der Waals surface area contributed by atoms with E-state index in [2.05, 4.69) is 27.7 Å². The molecule has 21 heavy (non-hydrogen) atoms. The van der Waals surface area contributed by atoms with Gasteiger partial charge in [0.2, 0.25) is 0 Å². The average Bonchev–Trinajstić information content (AvgIpc) is 2.41. The quantitative estimate of drug-likeness (QED) is 0.609. The number of carbonyl (C=O) groups excluding carboxylic acids is 2. The summed E-state index contributed by atoms with van der Waals surface area (Å²) in [6.45, 7) is 10.3. The summed E-state index contributed by atoms with van der Waals surface area (Å²) in [5, 5.41) is 0. The van der Waals surface area contributed by atoms with Crippen LogP contribution in [0.25, 0.3) is 0 Å². The molecule has 0 saturated carbocycles. The Labute approximate surface area is 126 Å². The lowest BCUT2D eigenvalue weighted by Crippen LogP contribution is -2.34. The van der Waals surface area contributed by atoms with E-state index in [1.54, 1.807) is 0 Å². The minimum atomic E-state index is -0.442. The molecule has 1 aromatic rings. The maximum absolute atomic E-state index is 12.0. The molecule has 3 heteroatoms. The Morgan fingerprint density at radius 1 is 0.952 bits per heavy atom. The molecule has 0 atom stereocenters. The van der Waals surface area contributed by atoms with Gasteiger partial charge >= 0.3 is 5.97 Å². The lowest BCUT2D eigenvalue weighted by molar-refractivity contribution is 0.0596. The Bertz CT molecular complexity index is 609. The van der Waals surface area contributed by atoms with Gasteiger partial charge in [0.15, 0.2) is 5.78 Å². The molecule has 2 rings (SSSR count). The third-order valence-electron chi connectivity index (χ3n) is 4.78. The summed E-state index contributed by atoms with van der Waals surface area (Å²) in [6.07, 6.45) is 2.13. The molecular formula is C18H24O3. The van der Waals surface area contributed by atoms with Crippen LogP contribution >= 0.6 is 0 Å². The van der Waals surface area contributed by atoms with Crippen molar-refractivity contribution in [3.63, 3.8) is 0 Å². The van der Waals surface area contributed by atoms with Crippen molar-refractivity contribution in [2.75, 3.05) is 7.11 Å². The van der Waals surface area contributed by atoms with Gasteiger partial charge in [0.05, 0.1) is 12.7 Å². The first kappa shape index (κ1) is 15.7. The van der Waals surface area contributed by atoms with Gasteiger partial charge < -0.3 is 4.74 Å². The zero-order chi connectivity index (χ0) is 16.0. The Hall–Kier alpha value is -1.64. The number of rotatable bonds is 2. The third-order valence-corrected chi connectivity index (χ3v) is 4.78. The van der Waals surface area contributed by atoms with E-state index in [9.17, 15) is 9.59 Å². The number of ether oxygens (including phenoxy) is 1. The summed E-state index contributed by atoms with van der Waals surface area (Å²) >= 11 is 0. The molecular weight excluding hydrogens is 264 g/mol. The van der Waals surface area contributed by atoms with Crippen molar-refractivity contribution in [2.24, 2.45) is 0 Å². The van der Waals surface area contributed by atoms with Crippen molar-refractivity contribution in [1.82, 2.24) is 0 Å². The summed E-state index contributed by atoms with van der Waals surface area (Å²) in [4.78, 5) is 24.0. The first-order valence-electron chi connectivity index (χ1n) is 7.38. The summed E-state index contributed by atoms with van der Waals surface area (Å²) in [7, 11) is 1.35. The van der Waals surface area contributed by atoms with Crippen LogP contribution in [0.15, 0.2) is 12.1 Å². The van der Waals surface area contributed by atoms with Gasteiger partial charge in [-0.25, -0.2) is 4.79 Å². The van der Waals surface area contributed by atoms with Crippen LogP contribution in [0.5, 0.6) is 0 Å². The van der Waals surface area contributed by atoms with Gasteiger partial charge in [-0.1, -0.05) is 27.7 Å². The zero-order valence-electron chi connectivity index (χ0n) is 13.8. The van der Waals surface area contributed by atoms with E-state index in [1.165, 1.54) is 19.6 Å². The van der Waals surface area contributed by atoms with Crippen LogP contribution in [-0.2, 0) is 15.6 Å². The van der Waals surface area contributed by atoms with E-state index >= 15 is 0 Å². The summed E-state index contributed by atoms with van der Waals surface area (Å²) < 4.78 is 4.85. The van der Waals surface area contributed by atoms with E-state index in [0.29, 0.717) is 11.1 Å². The van der Waals surface area contributed by atoms with Crippen LogP contribution in [0.1, 0.15) is 79.3 Å². The van der Waals surface area contributed by atoms with Crippen LogP contribution in [0.4, 0.5) is 0 Å². The van der Waals surface area contributed by atoms with Crippen molar-refractivity contribution in [2.45, 2.75) is 58.3 Å². The molecule has 0 saturated heterocycles. The fourth-order valence-electron chi connectivity index (χ4n) is 3.18. The normalized spacial score (nSPS) is 18.8. The Balaban J connectivity index is 2.78. The van der Waals surface area contributed by atoms with Crippen molar-refractivity contribution >= 4 is 11.8 Å². The number of ketones is 1. The second kappa shape index (κ2) is 4.97. The van der Waals surface area contributed by atoms with Crippen LogP contribution in [0.3, 0.4) is 0 Å². The van der Waals surface area contributed by atoms with E-state index < -0.39 is 5.97 Å². The molecule has 0 aromatic heterocycles. The second-order valence-electron chi connectivity index (χ2n) is 7.26. The number of methoxy groups -OCH3 is 1. The lowest BCUT2D eigenvalue weighted by atomic mass is 9.62. The molecule has 0 amide bonds. The molecule has 0 spiro atoms. The Morgan fingerprint density at radius 3 is 1.76 bits per heavy atom. The lowest BCUT2D eigenvalue weighted by Gasteiger charge is -2.42. The van der Waals surface area contributed by atoms with Crippen LogP contribution in [0.2, 0.25) is 0 Å². The van der Waals surface area contributed by atoms with Crippen molar-refractivity contribution in [1.29, 1.82) is 0 Å². The molecule has 0 heterocycles. The van der Waals surface area contributed by atoms with Crippen molar-refractivity contribution in [3.05, 3.63) is 34.4 Å². The van der Waals surface area contributed by atoms with Gasteiger partial charge in [0.1, 0.15) is 0 Å². The topological polar surface area (TPSA) is 43.4 Å². The van der Waals surface area contributed by atoms with E-state index in [4.69, 9.17) is 4.74 Å². The summed E-state index contributed by atoms with van der Waals surface area (Å²) in [5.74, 6) is -0.542.